The summed E-state index contributed by atoms with van der Waals surface area (Å²) in [5.74, 6) is -0.599. The number of hydrogen-bond acceptors (Lipinski definition) is 5. The standard InChI is InChI=1S/C36H52O5Si2/c1-9-36(41-42(10-2,11-3)12-4)30-23-24-31(36)33(37)32(30)29(34(38)39-8)25-26-40-43(35(5,6)7,27-19-15-13-16-20-27)28-21-17-14-18-22-28/h9,13-22,30-31,33,37H,1,10-12,23-26H2,2-8H3/b32-29-/t30-,31+,33+,36-/m0/s1. The summed E-state index contributed by atoms with van der Waals surface area (Å²) in [5.41, 5.74) is 0.660. The van der Waals surface area contributed by atoms with Gasteiger partial charge in [0.05, 0.1) is 18.8 Å². The lowest BCUT2D eigenvalue weighted by molar-refractivity contribution is -0.136. The molecule has 0 heterocycles. The number of hydrogen-bond donors (Lipinski definition) is 1. The van der Waals surface area contributed by atoms with Crippen LogP contribution in [-0.2, 0) is 18.4 Å². The average Bonchev–Trinajstić information content (AvgIpc) is 3.49. The highest BCUT2D eigenvalue weighted by molar-refractivity contribution is 6.99. The fourth-order valence-electron chi connectivity index (χ4n) is 8.05. The topological polar surface area (TPSA) is 65.0 Å². The number of rotatable bonds is 13. The smallest absolute Gasteiger partial charge is 0.333 e. The average molecular weight is 621 g/mol. The fourth-order valence-corrected chi connectivity index (χ4v) is 15.7. The van der Waals surface area contributed by atoms with Gasteiger partial charge in [0.1, 0.15) is 0 Å². The molecular weight excluding hydrogens is 569 g/mol. The summed E-state index contributed by atoms with van der Waals surface area (Å²) in [7, 11) is -3.40. The van der Waals surface area contributed by atoms with Crippen molar-refractivity contribution in [3.05, 3.63) is 84.5 Å². The number of aliphatic hydroxyl groups excluding tert-OH is 1. The lowest BCUT2D eigenvalue weighted by atomic mass is 9.86. The first-order valence-electron chi connectivity index (χ1n) is 16.1. The zero-order valence-electron chi connectivity index (χ0n) is 27.3. The molecule has 0 unspecified atom stereocenters. The number of esters is 1. The summed E-state index contributed by atoms with van der Waals surface area (Å²) in [6.07, 6.45) is 3.26. The summed E-state index contributed by atoms with van der Waals surface area (Å²) < 4.78 is 19.7. The minimum Gasteiger partial charge on any atom is -0.466 e. The molecule has 5 nitrogen and oxygen atoms in total. The molecule has 2 saturated carbocycles. The van der Waals surface area contributed by atoms with Gasteiger partial charge >= 0.3 is 5.97 Å². The lowest BCUT2D eigenvalue weighted by Gasteiger charge is -2.43. The van der Waals surface area contributed by atoms with Crippen molar-refractivity contribution in [1.82, 2.24) is 0 Å². The number of ether oxygens (including phenoxy) is 1. The van der Waals surface area contributed by atoms with Crippen LogP contribution in [0.1, 0.15) is 60.8 Å². The molecule has 0 aromatic heterocycles. The Kier molecular flexibility index (Phi) is 10.4. The van der Waals surface area contributed by atoms with Gasteiger partial charge in [-0.25, -0.2) is 4.79 Å². The molecule has 7 heteroatoms. The van der Waals surface area contributed by atoms with Gasteiger partial charge in [-0.1, -0.05) is 108 Å². The van der Waals surface area contributed by atoms with Crippen LogP contribution < -0.4 is 10.4 Å². The molecule has 0 radical (unpaired) electrons. The summed E-state index contributed by atoms with van der Waals surface area (Å²) in [6, 6.07) is 24.1. The van der Waals surface area contributed by atoms with Crippen LogP contribution in [0.2, 0.25) is 23.2 Å². The van der Waals surface area contributed by atoms with Gasteiger partial charge < -0.3 is 18.7 Å². The maximum Gasteiger partial charge on any atom is 0.333 e. The van der Waals surface area contributed by atoms with Crippen molar-refractivity contribution in [3.8, 4) is 0 Å². The molecule has 2 aliphatic carbocycles. The maximum absolute atomic E-state index is 13.5. The van der Waals surface area contributed by atoms with E-state index in [2.05, 4.69) is 96.7 Å². The molecule has 43 heavy (non-hydrogen) atoms. The number of benzene rings is 2. The van der Waals surface area contributed by atoms with Crippen LogP contribution in [0.5, 0.6) is 0 Å². The highest BCUT2D eigenvalue weighted by Gasteiger charge is 2.63. The molecule has 234 valence electrons. The first-order valence-corrected chi connectivity index (χ1v) is 20.5. The second-order valence-electron chi connectivity index (χ2n) is 13.3. The molecule has 4 rings (SSSR count). The van der Waals surface area contributed by atoms with Crippen molar-refractivity contribution in [2.24, 2.45) is 11.8 Å². The minimum atomic E-state index is -2.79. The Morgan fingerprint density at radius 3 is 1.95 bits per heavy atom. The summed E-state index contributed by atoms with van der Waals surface area (Å²) in [6.45, 7) is 18.0. The predicted molar refractivity (Wildman–Crippen MR) is 181 cm³/mol. The van der Waals surface area contributed by atoms with Crippen molar-refractivity contribution in [2.45, 2.75) is 95.7 Å². The van der Waals surface area contributed by atoms with E-state index in [4.69, 9.17) is 13.6 Å². The van der Waals surface area contributed by atoms with Gasteiger partial charge in [-0.15, -0.1) is 6.58 Å². The van der Waals surface area contributed by atoms with E-state index >= 15 is 0 Å². The van der Waals surface area contributed by atoms with Crippen LogP contribution in [0.4, 0.5) is 0 Å². The maximum atomic E-state index is 13.5. The molecule has 0 amide bonds. The van der Waals surface area contributed by atoms with E-state index in [0.717, 1.165) is 36.5 Å². The molecule has 0 aliphatic heterocycles. The Morgan fingerprint density at radius 2 is 1.51 bits per heavy atom. The Hall–Kier alpha value is -2.30. The van der Waals surface area contributed by atoms with Crippen LogP contribution in [0.25, 0.3) is 0 Å². The zero-order chi connectivity index (χ0) is 31.5. The van der Waals surface area contributed by atoms with E-state index in [1.807, 2.05) is 18.2 Å². The van der Waals surface area contributed by atoms with Crippen LogP contribution in [-0.4, -0.2) is 53.1 Å². The molecule has 2 aromatic carbocycles. The van der Waals surface area contributed by atoms with E-state index in [-0.39, 0.29) is 16.9 Å². The number of carbonyl (C=O) groups excluding carboxylic acids is 1. The van der Waals surface area contributed by atoms with Gasteiger partial charge in [0, 0.05) is 30.4 Å². The van der Waals surface area contributed by atoms with E-state index in [9.17, 15) is 9.90 Å². The molecule has 2 aromatic rings. The minimum absolute atomic E-state index is 0.0940. The highest BCUT2D eigenvalue weighted by Crippen LogP contribution is 2.60. The van der Waals surface area contributed by atoms with Gasteiger partial charge in [-0.05, 0) is 52.0 Å². The molecule has 1 N–H and O–H groups in total. The first kappa shape index (κ1) is 33.6. The Bertz CT molecular complexity index is 1230. The summed E-state index contributed by atoms with van der Waals surface area (Å²) in [4.78, 5) is 13.5. The van der Waals surface area contributed by atoms with E-state index in [1.54, 1.807) is 0 Å². The van der Waals surface area contributed by atoms with E-state index in [0.29, 0.717) is 18.6 Å². The monoisotopic (exact) mass is 620 g/mol. The Morgan fingerprint density at radius 1 is 0.977 bits per heavy atom. The van der Waals surface area contributed by atoms with Gasteiger partial charge in [0.25, 0.3) is 8.32 Å². The number of carbonyl (C=O) groups is 1. The van der Waals surface area contributed by atoms with Gasteiger partial charge in [0.15, 0.2) is 8.32 Å². The van der Waals surface area contributed by atoms with Crippen molar-refractivity contribution in [2.75, 3.05) is 13.7 Å². The molecule has 2 fully saturated rings. The predicted octanol–water partition coefficient (Wildman–Crippen LogP) is 6.77. The SMILES string of the molecule is C=C[C@@]1(O[Si](CC)(CC)CC)[C@@H]2CC[C@H]1/C(=C(\CCO[Si](c1ccccc1)(c1ccccc1)C(C)(C)C)C(=O)OC)[C@@H]2O. The number of fused-ring (bicyclic) bond motifs is 2. The van der Waals surface area contributed by atoms with Crippen LogP contribution in [0, 0.1) is 11.8 Å². The third kappa shape index (κ3) is 5.79. The Balaban J connectivity index is 1.75. The molecule has 4 atom stereocenters. The van der Waals surface area contributed by atoms with Crippen molar-refractivity contribution >= 4 is 33.0 Å². The molecule has 0 saturated heterocycles. The second-order valence-corrected chi connectivity index (χ2v) is 22.3. The molecule has 0 spiro atoms. The van der Waals surface area contributed by atoms with Crippen molar-refractivity contribution in [1.29, 1.82) is 0 Å². The first-order chi connectivity index (χ1) is 20.5. The number of methoxy groups -OCH3 is 1. The second kappa shape index (κ2) is 13.4. The Labute approximate surface area is 261 Å². The zero-order valence-corrected chi connectivity index (χ0v) is 29.3. The van der Waals surface area contributed by atoms with Gasteiger partial charge in [-0.2, -0.15) is 0 Å². The van der Waals surface area contributed by atoms with Gasteiger partial charge in [0.2, 0.25) is 0 Å². The van der Waals surface area contributed by atoms with Crippen molar-refractivity contribution in [3.63, 3.8) is 0 Å². The summed E-state index contributed by atoms with van der Waals surface area (Å²) >= 11 is 0. The highest BCUT2D eigenvalue weighted by atomic mass is 28.4. The van der Waals surface area contributed by atoms with Crippen LogP contribution in [0.3, 0.4) is 0 Å². The third-order valence-electron chi connectivity index (χ3n) is 10.5. The summed E-state index contributed by atoms with van der Waals surface area (Å²) in [5, 5.41) is 14.0. The quantitative estimate of drug-likeness (QED) is 0.116. The normalized spacial score (nSPS) is 25.1. The van der Waals surface area contributed by atoms with Crippen molar-refractivity contribution < 1.29 is 23.5 Å². The third-order valence-corrected chi connectivity index (χ3v) is 20.2. The largest absolute Gasteiger partial charge is 0.466 e. The molecule has 2 bridgehead atoms. The van der Waals surface area contributed by atoms with Gasteiger partial charge in [-0.3, -0.25) is 0 Å². The molecule has 2 aliphatic rings. The van der Waals surface area contributed by atoms with E-state index < -0.39 is 34.3 Å². The number of aliphatic hydroxyl groups is 1. The fraction of sp³-hybridized carbons (Fsp3) is 0.528. The van der Waals surface area contributed by atoms with E-state index in [1.165, 1.54) is 17.5 Å². The lowest BCUT2D eigenvalue weighted by Crippen LogP contribution is -2.66. The van der Waals surface area contributed by atoms with Crippen LogP contribution >= 0.6 is 0 Å². The van der Waals surface area contributed by atoms with Crippen LogP contribution in [0.15, 0.2) is 84.5 Å². The molecular formula is C36H52O5Si2.